The molecule has 0 spiro atoms. The first-order chi connectivity index (χ1) is 13.9. The van der Waals surface area contributed by atoms with Crippen LogP contribution in [0.2, 0.25) is 0 Å². The van der Waals surface area contributed by atoms with Crippen LogP contribution in [-0.4, -0.2) is 45.2 Å². The van der Waals surface area contributed by atoms with Crippen molar-refractivity contribution in [2.24, 2.45) is 5.73 Å². The third-order valence-corrected chi connectivity index (χ3v) is 5.36. The van der Waals surface area contributed by atoms with Crippen molar-refractivity contribution in [2.45, 2.75) is 31.3 Å². The second-order valence-electron chi connectivity index (χ2n) is 7.19. The largest absolute Gasteiger partial charge is 0.506 e. The predicted molar refractivity (Wildman–Crippen MR) is 106 cm³/mol. The van der Waals surface area contributed by atoms with Crippen LogP contribution in [-0.2, 0) is 16.9 Å². The van der Waals surface area contributed by atoms with E-state index in [1.165, 1.54) is 6.20 Å². The van der Waals surface area contributed by atoms with Gasteiger partial charge in [-0.2, -0.15) is 10.4 Å². The van der Waals surface area contributed by atoms with Gasteiger partial charge in [-0.05, 0) is 30.5 Å². The number of benzene rings is 1. The number of carbonyl (C=O) groups is 2. The molecule has 1 aromatic heterocycles. The normalized spacial score (nSPS) is 16.1. The van der Waals surface area contributed by atoms with Gasteiger partial charge >= 0.3 is 0 Å². The van der Waals surface area contributed by atoms with Crippen molar-refractivity contribution >= 4 is 23.8 Å². The van der Waals surface area contributed by atoms with Crippen LogP contribution in [0.15, 0.2) is 24.4 Å². The molecule has 6 N–H and O–H groups in total. The maximum atomic E-state index is 11.7. The molecule has 0 aliphatic carbocycles. The number of aromatic hydroxyl groups is 1. The van der Waals surface area contributed by atoms with Gasteiger partial charge in [0.05, 0.1) is 23.7 Å². The topological polar surface area (TPSA) is 163 Å². The van der Waals surface area contributed by atoms with Crippen molar-refractivity contribution in [3.63, 3.8) is 0 Å². The van der Waals surface area contributed by atoms with Crippen LogP contribution in [0, 0.1) is 11.3 Å². The number of piperidine rings is 1. The maximum Gasteiger partial charge on any atom is 0.254 e. The molecule has 1 aliphatic rings. The van der Waals surface area contributed by atoms with Crippen LogP contribution in [0.3, 0.4) is 0 Å². The van der Waals surface area contributed by atoms with Gasteiger partial charge in [-0.3, -0.25) is 19.2 Å². The van der Waals surface area contributed by atoms with Gasteiger partial charge in [0.1, 0.15) is 11.3 Å². The molecular weight excluding hydrogens is 374 g/mol. The highest BCUT2D eigenvalue weighted by molar-refractivity contribution is 5.99. The van der Waals surface area contributed by atoms with E-state index in [2.05, 4.69) is 21.4 Å². The number of amides is 2. The minimum atomic E-state index is -0.701. The fraction of sp³-hybridized carbons (Fsp3) is 0.368. The van der Waals surface area contributed by atoms with E-state index in [0.717, 1.165) is 5.56 Å². The highest BCUT2D eigenvalue weighted by atomic mass is 16.3. The second-order valence-corrected chi connectivity index (χ2v) is 7.19. The molecule has 3 rings (SSSR count). The van der Waals surface area contributed by atoms with Gasteiger partial charge < -0.3 is 21.9 Å². The van der Waals surface area contributed by atoms with Crippen molar-refractivity contribution < 1.29 is 14.7 Å². The molecule has 1 aliphatic heterocycles. The zero-order valence-corrected chi connectivity index (χ0v) is 15.8. The number of aromatic nitrogens is 2. The predicted octanol–water partition coefficient (Wildman–Crippen LogP) is 0.743. The van der Waals surface area contributed by atoms with Crippen molar-refractivity contribution in [3.8, 4) is 11.8 Å². The summed E-state index contributed by atoms with van der Waals surface area (Å²) in [7, 11) is 0. The SMILES string of the molecule is N#CCC1(n2cc(C(N)=O)c(NC=O)n2)CCN(Cc2ccc(N)c(O)c2)CC1. The second kappa shape index (κ2) is 8.20. The summed E-state index contributed by atoms with van der Waals surface area (Å²) >= 11 is 0. The highest BCUT2D eigenvalue weighted by Gasteiger charge is 2.38. The molecule has 10 heteroatoms. The monoisotopic (exact) mass is 397 g/mol. The lowest BCUT2D eigenvalue weighted by Crippen LogP contribution is -2.46. The molecule has 0 saturated carbocycles. The lowest BCUT2D eigenvalue weighted by molar-refractivity contribution is -0.105. The van der Waals surface area contributed by atoms with Crippen molar-refractivity contribution in [2.75, 3.05) is 24.1 Å². The fourth-order valence-corrected chi connectivity index (χ4v) is 3.67. The minimum absolute atomic E-state index is 0.0593. The number of likely N-dealkylation sites (tertiary alicyclic amines) is 1. The average molecular weight is 397 g/mol. The summed E-state index contributed by atoms with van der Waals surface area (Å²) in [4.78, 5) is 24.7. The number of hydrogen-bond acceptors (Lipinski definition) is 7. The Labute approximate surface area is 167 Å². The maximum absolute atomic E-state index is 11.7. The number of rotatable bonds is 7. The Bertz CT molecular complexity index is 955. The van der Waals surface area contributed by atoms with E-state index in [1.807, 2.05) is 6.07 Å². The number of phenols is 1. The van der Waals surface area contributed by atoms with Gasteiger partial charge in [0.25, 0.3) is 5.91 Å². The smallest absolute Gasteiger partial charge is 0.254 e. The third-order valence-electron chi connectivity index (χ3n) is 5.36. The van der Waals surface area contributed by atoms with E-state index >= 15 is 0 Å². The standard InChI is InChI=1S/C19H23N7O3/c20-6-3-19(26-11-14(17(22)29)18(24-26)23-12-27)4-7-25(8-5-19)10-13-1-2-15(21)16(28)9-13/h1-2,9,11-12,28H,3-5,7-8,10,21H2,(H2,22,29)(H,23,24,27). The summed E-state index contributed by atoms with van der Waals surface area (Å²) in [6.07, 6.45) is 3.40. The Morgan fingerprint density at radius 2 is 2.14 bits per heavy atom. The van der Waals surface area contributed by atoms with Gasteiger partial charge in [0, 0.05) is 25.8 Å². The van der Waals surface area contributed by atoms with Crippen molar-refractivity contribution in [3.05, 3.63) is 35.5 Å². The van der Waals surface area contributed by atoms with Crippen LogP contribution < -0.4 is 16.8 Å². The molecule has 1 saturated heterocycles. The Morgan fingerprint density at radius 3 is 2.72 bits per heavy atom. The average Bonchev–Trinajstić information content (AvgIpc) is 3.12. The Hall–Kier alpha value is -3.58. The van der Waals surface area contributed by atoms with Gasteiger partial charge in [0.15, 0.2) is 5.82 Å². The van der Waals surface area contributed by atoms with E-state index in [0.29, 0.717) is 44.6 Å². The molecule has 0 bridgehead atoms. The Morgan fingerprint density at radius 1 is 1.41 bits per heavy atom. The van der Waals surface area contributed by atoms with Crippen LogP contribution >= 0.6 is 0 Å². The number of hydrogen-bond donors (Lipinski definition) is 4. The molecule has 0 unspecified atom stereocenters. The lowest BCUT2D eigenvalue weighted by Gasteiger charge is -2.40. The van der Waals surface area contributed by atoms with Crippen LogP contribution in [0.4, 0.5) is 11.5 Å². The number of nitrogens with zero attached hydrogens (tertiary/aromatic N) is 4. The van der Waals surface area contributed by atoms with E-state index in [9.17, 15) is 20.0 Å². The van der Waals surface area contributed by atoms with E-state index in [4.69, 9.17) is 11.5 Å². The number of nitrogens with one attached hydrogen (secondary N) is 1. The summed E-state index contributed by atoms with van der Waals surface area (Å²) in [6, 6.07) is 7.40. The van der Waals surface area contributed by atoms with Gasteiger partial charge in [-0.15, -0.1) is 0 Å². The zero-order chi connectivity index (χ0) is 21.0. The molecule has 0 atom stereocenters. The van der Waals surface area contributed by atoms with Crippen molar-refractivity contribution in [1.29, 1.82) is 5.26 Å². The molecule has 10 nitrogen and oxygen atoms in total. The number of nitrogens with two attached hydrogens (primary N) is 2. The molecule has 0 radical (unpaired) electrons. The highest BCUT2D eigenvalue weighted by Crippen LogP contribution is 2.35. The molecular formula is C19H23N7O3. The Balaban J connectivity index is 1.78. The van der Waals surface area contributed by atoms with Gasteiger partial charge in [-0.1, -0.05) is 6.07 Å². The van der Waals surface area contributed by atoms with E-state index in [-0.39, 0.29) is 23.6 Å². The number of nitriles is 1. The fourth-order valence-electron chi connectivity index (χ4n) is 3.67. The summed E-state index contributed by atoms with van der Waals surface area (Å²) in [5.74, 6) is -0.554. The molecule has 152 valence electrons. The lowest BCUT2D eigenvalue weighted by atomic mass is 9.84. The number of carbonyl (C=O) groups excluding carboxylic acids is 2. The first-order valence-corrected chi connectivity index (χ1v) is 9.15. The van der Waals surface area contributed by atoms with Crippen LogP contribution in [0.5, 0.6) is 5.75 Å². The Kier molecular flexibility index (Phi) is 5.70. The number of primary amides is 1. The summed E-state index contributed by atoms with van der Waals surface area (Å²) < 4.78 is 1.59. The van der Waals surface area contributed by atoms with E-state index < -0.39 is 11.4 Å². The molecule has 29 heavy (non-hydrogen) atoms. The summed E-state index contributed by atoms with van der Waals surface area (Å²) in [6.45, 7) is 2.02. The minimum Gasteiger partial charge on any atom is -0.506 e. The van der Waals surface area contributed by atoms with Crippen LogP contribution in [0.25, 0.3) is 0 Å². The summed E-state index contributed by atoms with van der Waals surface area (Å²) in [5.41, 5.74) is 11.8. The summed E-state index contributed by atoms with van der Waals surface area (Å²) in [5, 5.41) is 25.9. The third kappa shape index (κ3) is 4.14. The first kappa shape index (κ1) is 20.2. The first-order valence-electron chi connectivity index (χ1n) is 9.15. The zero-order valence-electron chi connectivity index (χ0n) is 15.8. The van der Waals surface area contributed by atoms with Crippen LogP contribution in [0.1, 0.15) is 35.2 Å². The van der Waals surface area contributed by atoms with Crippen molar-refractivity contribution in [1.82, 2.24) is 14.7 Å². The molecule has 2 amide bonds. The number of nitrogen functional groups attached to an aromatic ring is 1. The number of anilines is 2. The molecule has 2 heterocycles. The molecule has 1 fully saturated rings. The molecule has 2 aromatic rings. The van der Waals surface area contributed by atoms with Gasteiger partial charge in [0.2, 0.25) is 6.41 Å². The van der Waals surface area contributed by atoms with E-state index in [1.54, 1.807) is 16.8 Å². The number of phenolic OH excluding ortho intramolecular Hbond substituents is 1. The van der Waals surface area contributed by atoms with Gasteiger partial charge in [-0.25, -0.2) is 0 Å². The quantitative estimate of drug-likeness (QED) is 0.304. The molecule has 1 aromatic carbocycles.